The highest BCUT2D eigenvalue weighted by Gasteiger charge is 2.20. The molecule has 7 heavy (non-hydrogen) atoms. The fraction of sp³-hybridized carbons (Fsp3) is 1.00. The van der Waals surface area contributed by atoms with Gasteiger partial charge in [0.05, 0.1) is 12.7 Å². The number of hydrogen-bond acceptors (Lipinski definition) is 3. The van der Waals surface area contributed by atoms with Gasteiger partial charge < -0.3 is 14.9 Å². The van der Waals surface area contributed by atoms with E-state index >= 15 is 0 Å². The van der Waals surface area contributed by atoms with Crippen LogP contribution in [0.25, 0.3) is 0 Å². The van der Waals surface area contributed by atoms with E-state index in [1.165, 1.54) is 0 Å². The van der Waals surface area contributed by atoms with Crippen molar-refractivity contribution in [3.63, 3.8) is 0 Å². The Morgan fingerprint density at radius 2 is 2.14 bits per heavy atom. The quantitative estimate of drug-likeness (QED) is 0.418. The molecular weight excluding hydrogens is 96.0 g/mol. The Bertz CT molecular complexity index is 56.0. The molecule has 0 aromatic carbocycles. The van der Waals surface area contributed by atoms with Gasteiger partial charge in [-0.05, 0) is 0 Å². The summed E-state index contributed by atoms with van der Waals surface area (Å²) in [5.41, 5.74) is 0. The molecule has 42 valence electrons. The Morgan fingerprint density at radius 3 is 2.29 bits per heavy atom. The molecule has 0 bridgehead atoms. The maximum absolute atomic E-state index is 8.61. The van der Waals surface area contributed by atoms with Crippen molar-refractivity contribution < 1.29 is 14.9 Å². The summed E-state index contributed by atoms with van der Waals surface area (Å²) >= 11 is 0. The van der Waals surface area contributed by atoms with Crippen LogP contribution in [0.2, 0.25) is 0 Å². The Kier molecular flexibility index (Phi) is 1.27. The molecule has 0 aromatic heterocycles. The van der Waals surface area contributed by atoms with E-state index in [-0.39, 0.29) is 6.61 Å². The smallest absolute Gasteiger partial charge is 0.157 e. The molecule has 1 heterocycles. The fourth-order valence-electron chi connectivity index (χ4n) is 0.591. The lowest BCUT2D eigenvalue weighted by Crippen LogP contribution is -2.04. The van der Waals surface area contributed by atoms with Crippen molar-refractivity contribution in [2.75, 3.05) is 6.61 Å². The van der Waals surface area contributed by atoms with E-state index in [9.17, 15) is 0 Å². The van der Waals surface area contributed by atoms with Gasteiger partial charge in [0.25, 0.3) is 0 Å². The van der Waals surface area contributed by atoms with Crippen LogP contribution in [0.15, 0.2) is 0 Å². The lowest BCUT2D eigenvalue weighted by atomic mass is 10.3. The second-order valence-electron chi connectivity index (χ2n) is 1.68. The molecule has 2 atom stereocenters. The predicted molar refractivity (Wildman–Crippen MR) is 22.6 cm³/mol. The molecule has 1 fully saturated rings. The molecule has 1 aliphatic rings. The number of hydrogen-bond donors (Lipinski definition) is 2. The average molecular weight is 104 g/mol. The van der Waals surface area contributed by atoms with Gasteiger partial charge in [0.15, 0.2) is 6.29 Å². The topological polar surface area (TPSA) is 49.7 Å². The highest BCUT2D eigenvalue weighted by molar-refractivity contribution is 4.62. The van der Waals surface area contributed by atoms with E-state index < -0.39 is 12.4 Å². The third-order valence-electron chi connectivity index (χ3n) is 0.955. The van der Waals surface area contributed by atoms with Crippen LogP contribution in [-0.4, -0.2) is 29.2 Å². The maximum atomic E-state index is 8.61. The van der Waals surface area contributed by atoms with Gasteiger partial charge >= 0.3 is 0 Å². The molecule has 2 N–H and O–H groups in total. The standard InChI is InChI=1S/C4H8O3/c5-3-1-4(6)7-2-3/h3-6H,1-2H2. The first-order valence-electron chi connectivity index (χ1n) is 2.27. The molecular formula is C4H8O3. The highest BCUT2D eigenvalue weighted by atomic mass is 16.6. The summed E-state index contributed by atoms with van der Waals surface area (Å²) in [6.45, 7) is 0.279. The first kappa shape index (κ1) is 5.03. The minimum atomic E-state index is -0.727. The van der Waals surface area contributed by atoms with E-state index in [1.807, 2.05) is 0 Å². The predicted octanol–water partition coefficient (Wildman–Crippen LogP) is -0.914. The van der Waals surface area contributed by atoms with Gasteiger partial charge in [-0.25, -0.2) is 0 Å². The minimum Gasteiger partial charge on any atom is -0.391 e. The summed E-state index contributed by atoms with van der Waals surface area (Å²) in [5.74, 6) is 0. The molecule has 3 nitrogen and oxygen atoms in total. The van der Waals surface area contributed by atoms with Crippen LogP contribution in [-0.2, 0) is 4.74 Å². The van der Waals surface area contributed by atoms with Crippen molar-refractivity contribution in [3.05, 3.63) is 0 Å². The van der Waals surface area contributed by atoms with Gasteiger partial charge in [-0.15, -0.1) is 0 Å². The maximum Gasteiger partial charge on any atom is 0.157 e. The number of rotatable bonds is 0. The SMILES string of the molecule is OC1COC(O)C1. The largest absolute Gasteiger partial charge is 0.391 e. The summed E-state index contributed by atoms with van der Waals surface area (Å²) in [7, 11) is 0. The number of ether oxygens (including phenoxy) is 1. The van der Waals surface area contributed by atoms with Crippen LogP contribution in [0.4, 0.5) is 0 Å². The molecule has 1 saturated heterocycles. The zero-order chi connectivity index (χ0) is 5.28. The van der Waals surface area contributed by atoms with E-state index in [1.54, 1.807) is 0 Å². The molecule has 0 amide bonds. The Labute approximate surface area is 41.5 Å². The minimum absolute atomic E-state index is 0.279. The monoisotopic (exact) mass is 104 g/mol. The van der Waals surface area contributed by atoms with Crippen LogP contribution in [0, 0.1) is 0 Å². The number of aliphatic hydroxyl groups excluding tert-OH is 2. The van der Waals surface area contributed by atoms with E-state index in [0.717, 1.165) is 0 Å². The Balaban J connectivity index is 2.26. The van der Waals surface area contributed by atoms with Gasteiger partial charge in [0.1, 0.15) is 0 Å². The van der Waals surface area contributed by atoms with Crippen molar-refractivity contribution in [1.29, 1.82) is 0 Å². The number of aliphatic hydroxyl groups is 2. The van der Waals surface area contributed by atoms with Crippen molar-refractivity contribution in [2.45, 2.75) is 18.8 Å². The molecule has 3 heteroatoms. The van der Waals surface area contributed by atoms with Gasteiger partial charge in [-0.3, -0.25) is 0 Å². The summed E-state index contributed by atoms with van der Waals surface area (Å²) in [6, 6.07) is 0. The van der Waals surface area contributed by atoms with Crippen LogP contribution in [0.1, 0.15) is 6.42 Å². The van der Waals surface area contributed by atoms with Crippen molar-refractivity contribution in [1.82, 2.24) is 0 Å². The van der Waals surface area contributed by atoms with Gasteiger partial charge in [-0.1, -0.05) is 0 Å². The third kappa shape index (κ3) is 1.12. The Hall–Kier alpha value is -0.120. The van der Waals surface area contributed by atoms with Crippen LogP contribution in [0.5, 0.6) is 0 Å². The molecule has 1 rings (SSSR count). The van der Waals surface area contributed by atoms with Crippen molar-refractivity contribution in [2.24, 2.45) is 0 Å². The molecule has 0 saturated carbocycles. The van der Waals surface area contributed by atoms with Gasteiger partial charge in [-0.2, -0.15) is 0 Å². The van der Waals surface area contributed by atoms with Crippen molar-refractivity contribution in [3.8, 4) is 0 Å². The first-order chi connectivity index (χ1) is 3.29. The molecule has 2 unspecified atom stereocenters. The van der Waals surface area contributed by atoms with Crippen LogP contribution in [0.3, 0.4) is 0 Å². The van der Waals surface area contributed by atoms with Gasteiger partial charge in [0.2, 0.25) is 0 Å². The van der Waals surface area contributed by atoms with Gasteiger partial charge in [0, 0.05) is 6.42 Å². The second kappa shape index (κ2) is 1.78. The lowest BCUT2D eigenvalue weighted by molar-refractivity contribution is -0.0595. The Morgan fingerprint density at radius 1 is 1.43 bits per heavy atom. The van der Waals surface area contributed by atoms with E-state index in [2.05, 4.69) is 4.74 Å². The summed E-state index contributed by atoms with van der Waals surface area (Å²) in [6.07, 6.45) is -0.815. The fourth-order valence-corrected chi connectivity index (χ4v) is 0.591. The van der Waals surface area contributed by atoms with Crippen LogP contribution < -0.4 is 0 Å². The summed E-state index contributed by atoms with van der Waals surface area (Å²) < 4.78 is 4.57. The average Bonchev–Trinajstić information content (AvgIpc) is 1.87. The zero-order valence-electron chi connectivity index (χ0n) is 3.87. The molecule has 1 aliphatic heterocycles. The first-order valence-corrected chi connectivity index (χ1v) is 2.27. The van der Waals surface area contributed by atoms with Crippen molar-refractivity contribution >= 4 is 0 Å². The third-order valence-corrected chi connectivity index (χ3v) is 0.955. The molecule has 0 aromatic rings. The highest BCUT2D eigenvalue weighted by Crippen LogP contribution is 2.08. The second-order valence-corrected chi connectivity index (χ2v) is 1.68. The molecule has 0 radical (unpaired) electrons. The summed E-state index contributed by atoms with van der Waals surface area (Å²) in [4.78, 5) is 0. The normalized spacial score (nSPS) is 42.0. The zero-order valence-corrected chi connectivity index (χ0v) is 3.87. The summed E-state index contributed by atoms with van der Waals surface area (Å²) in [5, 5.41) is 17.1. The van der Waals surface area contributed by atoms with E-state index in [0.29, 0.717) is 6.42 Å². The molecule has 0 spiro atoms. The molecule has 0 aliphatic carbocycles. The lowest BCUT2D eigenvalue weighted by Gasteiger charge is -1.93. The van der Waals surface area contributed by atoms with Crippen LogP contribution >= 0.6 is 0 Å². The van der Waals surface area contributed by atoms with E-state index in [4.69, 9.17) is 10.2 Å².